The quantitative estimate of drug-likeness (QED) is 0.599. The lowest BCUT2D eigenvalue weighted by atomic mass is 10.2. The second-order valence-electron chi connectivity index (χ2n) is 2.80. The van der Waals surface area contributed by atoms with Gasteiger partial charge in [0.25, 0.3) is 6.36 Å². The molecule has 0 saturated carbocycles. The van der Waals surface area contributed by atoms with Crippen molar-refractivity contribution < 1.29 is 18.7 Å². The van der Waals surface area contributed by atoms with Gasteiger partial charge in [-0.1, -0.05) is 13.8 Å². The lowest BCUT2D eigenvalue weighted by molar-refractivity contribution is -0.170. The van der Waals surface area contributed by atoms with Gasteiger partial charge in [0.2, 0.25) is 0 Å². The van der Waals surface area contributed by atoms with Crippen molar-refractivity contribution in [2.75, 3.05) is 13.2 Å². The summed E-state index contributed by atoms with van der Waals surface area (Å²) < 4.78 is 21.6. The highest BCUT2D eigenvalue weighted by molar-refractivity contribution is 5.72. The minimum absolute atomic E-state index is 0.171. The summed E-state index contributed by atoms with van der Waals surface area (Å²) in [7, 11) is 0. The van der Waals surface area contributed by atoms with Crippen LogP contribution in [0.4, 0.5) is 4.39 Å². The van der Waals surface area contributed by atoms with Gasteiger partial charge in [-0.25, -0.2) is 9.18 Å². The average Bonchev–Trinajstić information content (AvgIpc) is 2.00. The molecule has 0 amide bonds. The van der Waals surface area contributed by atoms with Crippen molar-refractivity contribution in [3.05, 3.63) is 0 Å². The molecule has 12 heavy (non-hydrogen) atoms. The Hall–Kier alpha value is -0.640. The highest BCUT2D eigenvalue weighted by Gasteiger charge is 2.18. The van der Waals surface area contributed by atoms with Crippen molar-refractivity contribution in [1.29, 1.82) is 0 Å². The van der Waals surface area contributed by atoms with Gasteiger partial charge in [-0.3, -0.25) is 0 Å². The third-order valence-corrected chi connectivity index (χ3v) is 1.05. The van der Waals surface area contributed by atoms with E-state index in [1.165, 1.54) is 0 Å². The Kier molecular flexibility index (Phi) is 5.62. The van der Waals surface area contributed by atoms with E-state index in [1.54, 1.807) is 6.92 Å². The topological polar surface area (TPSA) is 35.5 Å². The number of carbonyl (C=O) groups is 1. The Morgan fingerprint density at radius 1 is 1.50 bits per heavy atom. The van der Waals surface area contributed by atoms with E-state index in [4.69, 9.17) is 0 Å². The van der Waals surface area contributed by atoms with Crippen LogP contribution in [0.2, 0.25) is 0 Å². The lowest BCUT2D eigenvalue weighted by Gasteiger charge is -2.10. The molecule has 0 radical (unpaired) electrons. The number of hydrogen-bond donors (Lipinski definition) is 0. The molecule has 0 bridgehead atoms. The van der Waals surface area contributed by atoms with E-state index in [0.717, 1.165) is 0 Å². The second kappa shape index (κ2) is 5.94. The lowest BCUT2D eigenvalue weighted by Crippen LogP contribution is -2.23. The molecule has 0 aromatic rings. The zero-order valence-corrected chi connectivity index (χ0v) is 7.67. The molecule has 0 aromatic heterocycles. The number of esters is 1. The van der Waals surface area contributed by atoms with Gasteiger partial charge in [0.1, 0.15) is 0 Å². The van der Waals surface area contributed by atoms with Gasteiger partial charge in [0.05, 0.1) is 13.2 Å². The molecule has 0 spiro atoms. The second-order valence-corrected chi connectivity index (χ2v) is 2.80. The van der Waals surface area contributed by atoms with Gasteiger partial charge in [-0.05, 0) is 12.8 Å². The maximum absolute atomic E-state index is 12.6. The molecule has 4 heteroatoms. The minimum Gasteiger partial charge on any atom is -0.462 e. The fourth-order valence-electron chi connectivity index (χ4n) is 0.553. The van der Waals surface area contributed by atoms with E-state index in [2.05, 4.69) is 9.47 Å². The predicted octanol–water partition coefficient (Wildman–Crippen LogP) is 1.52. The van der Waals surface area contributed by atoms with Crippen LogP contribution < -0.4 is 0 Å². The largest absolute Gasteiger partial charge is 0.462 e. The van der Waals surface area contributed by atoms with Crippen LogP contribution in [0.15, 0.2) is 0 Å². The van der Waals surface area contributed by atoms with Gasteiger partial charge in [-0.2, -0.15) is 0 Å². The van der Waals surface area contributed by atoms with E-state index >= 15 is 0 Å². The molecular formula is C8H15FO3. The molecule has 0 aliphatic carbocycles. The maximum Gasteiger partial charge on any atom is 0.368 e. The van der Waals surface area contributed by atoms with Crippen LogP contribution in [0.5, 0.6) is 0 Å². The molecule has 1 unspecified atom stereocenters. The summed E-state index contributed by atoms with van der Waals surface area (Å²) in [5.41, 5.74) is 0. The normalized spacial score (nSPS) is 13.1. The van der Waals surface area contributed by atoms with Gasteiger partial charge in [0.15, 0.2) is 0 Å². The summed E-state index contributed by atoms with van der Waals surface area (Å²) in [5.74, 6) is -0.740. The van der Waals surface area contributed by atoms with E-state index in [1.807, 2.05) is 13.8 Å². The monoisotopic (exact) mass is 178 g/mol. The molecule has 1 atom stereocenters. The van der Waals surface area contributed by atoms with Crippen molar-refractivity contribution in [3.8, 4) is 0 Å². The Labute approximate surface area is 71.8 Å². The van der Waals surface area contributed by atoms with E-state index in [-0.39, 0.29) is 19.1 Å². The summed E-state index contributed by atoms with van der Waals surface area (Å²) in [6.45, 7) is 5.76. The Morgan fingerprint density at radius 2 is 2.08 bits per heavy atom. The van der Waals surface area contributed by atoms with Crippen LogP contribution in [-0.4, -0.2) is 25.5 Å². The number of ether oxygens (including phenoxy) is 2. The molecule has 0 aliphatic rings. The number of hydrogen-bond acceptors (Lipinski definition) is 3. The molecular weight excluding hydrogens is 163 g/mol. The fourth-order valence-corrected chi connectivity index (χ4v) is 0.553. The van der Waals surface area contributed by atoms with Crippen LogP contribution in [0.1, 0.15) is 20.8 Å². The molecule has 3 nitrogen and oxygen atoms in total. The first kappa shape index (κ1) is 11.4. The predicted molar refractivity (Wildman–Crippen MR) is 42.3 cm³/mol. The average molecular weight is 178 g/mol. The van der Waals surface area contributed by atoms with Gasteiger partial charge in [0, 0.05) is 0 Å². The van der Waals surface area contributed by atoms with Crippen molar-refractivity contribution in [2.45, 2.75) is 27.1 Å². The number of carbonyl (C=O) groups excluding carboxylic acids is 1. The standard InChI is InChI=1S/C8H15FO3/c1-4-11-8(10)7(9)12-5-6(2)3/h6-7H,4-5H2,1-3H3. The summed E-state index contributed by atoms with van der Waals surface area (Å²) in [5, 5.41) is 0. The van der Waals surface area contributed by atoms with E-state index in [9.17, 15) is 9.18 Å². The third kappa shape index (κ3) is 5.07. The van der Waals surface area contributed by atoms with Crippen LogP contribution in [0.3, 0.4) is 0 Å². The van der Waals surface area contributed by atoms with Gasteiger partial charge < -0.3 is 9.47 Å². The van der Waals surface area contributed by atoms with Crippen molar-refractivity contribution in [3.63, 3.8) is 0 Å². The Morgan fingerprint density at radius 3 is 2.50 bits per heavy atom. The van der Waals surface area contributed by atoms with Crippen LogP contribution in [0, 0.1) is 5.92 Å². The SMILES string of the molecule is CCOC(=O)C(F)OCC(C)C. The first-order valence-electron chi connectivity index (χ1n) is 4.00. The Bertz CT molecular complexity index is 136. The summed E-state index contributed by atoms with van der Waals surface area (Å²) in [6.07, 6.45) is -1.94. The highest BCUT2D eigenvalue weighted by Crippen LogP contribution is 2.01. The first-order valence-corrected chi connectivity index (χ1v) is 4.00. The fraction of sp³-hybridized carbons (Fsp3) is 0.875. The van der Waals surface area contributed by atoms with Crippen molar-refractivity contribution >= 4 is 5.97 Å². The minimum atomic E-state index is -1.94. The number of alkyl halides is 1. The zero-order chi connectivity index (χ0) is 9.56. The summed E-state index contributed by atoms with van der Waals surface area (Å²) >= 11 is 0. The van der Waals surface area contributed by atoms with Crippen LogP contribution in [-0.2, 0) is 14.3 Å². The Balaban J connectivity index is 3.56. The molecule has 0 heterocycles. The zero-order valence-electron chi connectivity index (χ0n) is 7.67. The van der Waals surface area contributed by atoms with E-state index in [0.29, 0.717) is 0 Å². The molecule has 0 rings (SSSR count). The summed E-state index contributed by atoms with van der Waals surface area (Å²) in [6, 6.07) is 0. The summed E-state index contributed by atoms with van der Waals surface area (Å²) in [4.78, 5) is 10.6. The molecule has 0 saturated heterocycles. The molecule has 0 fully saturated rings. The number of rotatable bonds is 5. The highest BCUT2D eigenvalue weighted by atomic mass is 19.1. The maximum atomic E-state index is 12.6. The molecule has 0 aromatic carbocycles. The molecule has 0 N–H and O–H groups in total. The molecule has 72 valence electrons. The molecule has 0 aliphatic heterocycles. The van der Waals surface area contributed by atoms with Gasteiger partial charge in [-0.15, -0.1) is 0 Å². The smallest absolute Gasteiger partial charge is 0.368 e. The van der Waals surface area contributed by atoms with Crippen LogP contribution >= 0.6 is 0 Å². The number of halogens is 1. The third-order valence-electron chi connectivity index (χ3n) is 1.05. The van der Waals surface area contributed by atoms with Gasteiger partial charge >= 0.3 is 5.97 Å². The first-order chi connectivity index (χ1) is 5.57. The van der Waals surface area contributed by atoms with E-state index < -0.39 is 12.3 Å². The van der Waals surface area contributed by atoms with Crippen molar-refractivity contribution in [1.82, 2.24) is 0 Å². The van der Waals surface area contributed by atoms with Crippen molar-refractivity contribution in [2.24, 2.45) is 5.92 Å². The van der Waals surface area contributed by atoms with Crippen LogP contribution in [0.25, 0.3) is 0 Å².